The molecule has 0 radical (unpaired) electrons. The summed E-state index contributed by atoms with van der Waals surface area (Å²) in [6.45, 7) is 4.30. The first-order valence-corrected chi connectivity index (χ1v) is 6.14. The second-order valence-electron chi connectivity index (χ2n) is 4.79. The van der Waals surface area contributed by atoms with Gasteiger partial charge in [-0.15, -0.1) is 0 Å². The Balaban J connectivity index is 2.48. The van der Waals surface area contributed by atoms with Gasteiger partial charge in [-0.2, -0.15) is 0 Å². The zero-order valence-electron chi connectivity index (χ0n) is 11.2. The first-order valence-electron chi connectivity index (χ1n) is 6.14. The van der Waals surface area contributed by atoms with Gasteiger partial charge in [-0.1, -0.05) is 13.8 Å². The van der Waals surface area contributed by atoms with Crippen LogP contribution >= 0.6 is 0 Å². The minimum absolute atomic E-state index is 0.00141. The van der Waals surface area contributed by atoms with Gasteiger partial charge in [-0.05, 0) is 0 Å². The number of esters is 2. The quantitative estimate of drug-likeness (QED) is 0.636. The summed E-state index contributed by atoms with van der Waals surface area (Å²) in [6, 6.07) is 0. The Morgan fingerprint density at radius 1 is 1.42 bits per heavy atom. The maximum absolute atomic E-state index is 11.4. The highest BCUT2D eigenvalue weighted by atomic mass is 16.6. The van der Waals surface area contributed by atoms with Crippen LogP contribution in [0.3, 0.4) is 0 Å². The lowest BCUT2D eigenvalue weighted by Crippen LogP contribution is -2.42. The summed E-state index contributed by atoms with van der Waals surface area (Å²) in [6.07, 6.45) is -4.06. The van der Waals surface area contributed by atoms with Crippen molar-refractivity contribution in [1.82, 2.24) is 0 Å². The van der Waals surface area contributed by atoms with Crippen molar-refractivity contribution in [2.75, 3.05) is 13.2 Å². The van der Waals surface area contributed by atoms with Gasteiger partial charge >= 0.3 is 11.9 Å². The Labute approximate surface area is 111 Å². The molecule has 0 aromatic heterocycles. The molecule has 1 heterocycles. The molecule has 110 valence electrons. The second kappa shape index (κ2) is 6.83. The zero-order valence-corrected chi connectivity index (χ0v) is 11.2. The molecule has 1 aliphatic heterocycles. The normalized spacial score (nSPS) is 28.2. The number of hydrogen-bond acceptors (Lipinski definition) is 7. The molecule has 1 aliphatic rings. The fourth-order valence-electron chi connectivity index (χ4n) is 1.64. The highest BCUT2D eigenvalue weighted by Gasteiger charge is 2.42. The van der Waals surface area contributed by atoms with Crippen LogP contribution in [0.4, 0.5) is 0 Å². The maximum Gasteiger partial charge on any atom is 0.308 e. The lowest BCUT2D eigenvalue weighted by Gasteiger charge is -2.22. The van der Waals surface area contributed by atoms with E-state index in [0.29, 0.717) is 0 Å². The molecule has 0 aromatic carbocycles. The molecule has 7 nitrogen and oxygen atoms in total. The molecular weight excluding hydrogens is 256 g/mol. The molecule has 0 spiro atoms. The van der Waals surface area contributed by atoms with E-state index in [4.69, 9.17) is 9.47 Å². The molecule has 19 heavy (non-hydrogen) atoms. The standard InChI is InChI=1S/C12H20O7/c1-6(2)12(16)19-9-5-18-11(10(9)15)8(14)4-17-7(3)13/h6,8-11,14-15H,4-5H2,1-3H3. The summed E-state index contributed by atoms with van der Waals surface area (Å²) >= 11 is 0. The van der Waals surface area contributed by atoms with E-state index in [1.165, 1.54) is 6.92 Å². The lowest BCUT2D eigenvalue weighted by atomic mass is 10.1. The maximum atomic E-state index is 11.4. The molecule has 0 amide bonds. The second-order valence-corrected chi connectivity index (χ2v) is 4.79. The van der Waals surface area contributed by atoms with Crippen molar-refractivity contribution in [1.29, 1.82) is 0 Å². The summed E-state index contributed by atoms with van der Waals surface area (Å²) in [7, 11) is 0. The van der Waals surface area contributed by atoms with Gasteiger partial charge in [0, 0.05) is 6.92 Å². The van der Waals surface area contributed by atoms with Gasteiger partial charge in [0.1, 0.15) is 24.9 Å². The Morgan fingerprint density at radius 3 is 2.58 bits per heavy atom. The SMILES string of the molecule is CC(=O)OCC(O)C1OCC(OC(=O)C(C)C)C1O. The molecule has 1 saturated heterocycles. The molecule has 1 rings (SSSR count). The van der Waals surface area contributed by atoms with E-state index in [9.17, 15) is 19.8 Å². The van der Waals surface area contributed by atoms with Crippen LogP contribution < -0.4 is 0 Å². The molecule has 7 heteroatoms. The number of carbonyl (C=O) groups excluding carboxylic acids is 2. The Bertz CT molecular complexity index is 328. The molecule has 0 saturated carbocycles. The van der Waals surface area contributed by atoms with Crippen molar-refractivity contribution in [2.24, 2.45) is 5.92 Å². The van der Waals surface area contributed by atoms with Gasteiger partial charge in [0.2, 0.25) is 0 Å². The number of hydrogen-bond donors (Lipinski definition) is 2. The summed E-state index contributed by atoms with van der Waals surface area (Å²) in [4.78, 5) is 22.0. The van der Waals surface area contributed by atoms with Crippen molar-refractivity contribution in [3.8, 4) is 0 Å². The predicted octanol–water partition coefficient (Wildman–Crippen LogP) is -0.762. The van der Waals surface area contributed by atoms with Crippen molar-refractivity contribution in [3.63, 3.8) is 0 Å². The fraction of sp³-hybridized carbons (Fsp3) is 0.833. The van der Waals surface area contributed by atoms with Crippen LogP contribution in [0.15, 0.2) is 0 Å². The van der Waals surface area contributed by atoms with E-state index in [0.717, 1.165) is 0 Å². The summed E-state index contributed by atoms with van der Waals surface area (Å²) in [5.41, 5.74) is 0. The summed E-state index contributed by atoms with van der Waals surface area (Å²) < 4.78 is 14.9. The van der Waals surface area contributed by atoms with Gasteiger partial charge in [0.15, 0.2) is 6.10 Å². The molecule has 4 atom stereocenters. The fourth-order valence-corrected chi connectivity index (χ4v) is 1.64. The third-order valence-corrected chi connectivity index (χ3v) is 2.75. The van der Waals surface area contributed by atoms with E-state index in [1.807, 2.05) is 0 Å². The van der Waals surface area contributed by atoms with Crippen molar-refractivity contribution in [2.45, 2.75) is 45.2 Å². The van der Waals surface area contributed by atoms with E-state index >= 15 is 0 Å². The minimum atomic E-state index is -1.17. The highest BCUT2D eigenvalue weighted by Crippen LogP contribution is 2.21. The third-order valence-electron chi connectivity index (χ3n) is 2.75. The third kappa shape index (κ3) is 4.45. The van der Waals surface area contributed by atoms with Crippen molar-refractivity contribution < 1.29 is 34.0 Å². The van der Waals surface area contributed by atoms with Crippen LogP contribution in [0.1, 0.15) is 20.8 Å². The predicted molar refractivity (Wildman–Crippen MR) is 63.1 cm³/mol. The van der Waals surface area contributed by atoms with E-state index in [2.05, 4.69) is 4.74 Å². The molecule has 0 bridgehead atoms. The molecular formula is C12H20O7. The number of carbonyl (C=O) groups is 2. The average molecular weight is 276 g/mol. The number of aliphatic hydroxyl groups excluding tert-OH is 2. The average Bonchev–Trinajstić information content (AvgIpc) is 2.68. The lowest BCUT2D eigenvalue weighted by molar-refractivity contribution is -0.157. The van der Waals surface area contributed by atoms with Crippen molar-refractivity contribution in [3.05, 3.63) is 0 Å². The molecule has 0 aromatic rings. The summed E-state index contributed by atoms with van der Waals surface area (Å²) in [5.74, 6) is -1.28. The van der Waals surface area contributed by atoms with E-state index < -0.39 is 36.4 Å². The van der Waals surface area contributed by atoms with Crippen LogP contribution in [0.5, 0.6) is 0 Å². The van der Waals surface area contributed by atoms with Crippen LogP contribution in [0.25, 0.3) is 0 Å². The molecule has 1 fully saturated rings. The Kier molecular flexibility index (Phi) is 5.71. The number of ether oxygens (including phenoxy) is 3. The topological polar surface area (TPSA) is 102 Å². The van der Waals surface area contributed by atoms with E-state index in [1.54, 1.807) is 13.8 Å². The Morgan fingerprint density at radius 2 is 2.05 bits per heavy atom. The van der Waals surface area contributed by atoms with Crippen LogP contribution in [-0.4, -0.2) is 59.8 Å². The Hall–Kier alpha value is -1.18. The highest BCUT2D eigenvalue weighted by molar-refractivity contribution is 5.71. The largest absolute Gasteiger partial charge is 0.463 e. The van der Waals surface area contributed by atoms with Gasteiger partial charge in [0.25, 0.3) is 0 Å². The van der Waals surface area contributed by atoms with Crippen molar-refractivity contribution >= 4 is 11.9 Å². The zero-order chi connectivity index (χ0) is 14.6. The number of rotatable bonds is 5. The van der Waals surface area contributed by atoms with Gasteiger partial charge < -0.3 is 24.4 Å². The molecule has 4 unspecified atom stereocenters. The van der Waals surface area contributed by atoms with Crippen LogP contribution in [0, 0.1) is 5.92 Å². The van der Waals surface area contributed by atoms with Gasteiger partial charge in [-0.25, -0.2) is 0 Å². The van der Waals surface area contributed by atoms with E-state index in [-0.39, 0.29) is 19.1 Å². The first-order chi connectivity index (χ1) is 8.82. The molecule has 0 aliphatic carbocycles. The smallest absolute Gasteiger partial charge is 0.308 e. The van der Waals surface area contributed by atoms with Crippen LogP contribution in [0.2, 0.25) is 0 Å². The monoisotopic (exact) mass is 276 g/mol. The number of aliphatic hydroxyl groups is 2. The van der Waals surface area contributed by atoms with Gasteiger partial charge in [-0.3, -0.25) is 9.59 Å². The van der Waals surface area contributed by atoms with Gasteiger partial charge in [0.05, 0.1) is 12.5 Å². The molecule has 2 N–H and O–H groups in total. The first kappa shape index (κ1) is 15.9. The van der Waals surface area contributed by atoms with Crippen LogP contribution in [-0.2, 0) is 23.8 Å². The minimum Gasteiger partial charge on any atom is -0.463 e. The summed E-state index contributed by atoms with van der Waals surface area (Å²) in [5, 5.41) is 19.6.